The van der Waals surface area contributed by atoms with Gasteiger partial charge in [-0.15, -0.1) is 0 Å². The zero-order valence-electron chi connectivity index (χ0n) is 46.5. The Morgan fingerprint density at radius 1 is 0.425 bits per heavy atom. The fourth-order valence-corrected chi connectivity index (χ4v) is 6.87. The number of nitrogens with one attached hydrogen (secondary N) is 6. The van der Waals surface area contributed by atoms with E-state index < -0.39 is 63.3 Å². The van der Waals surface area contributed by atoms with Crippen LogP contribution in [0.5, 0.6) is 0 Å². The van der Waals surface area contributed by atoms with Crippen molar-refractivity contribution in [2.24, 2.45) is 23.6 Å². The smallest absolute Gasteiger partial charge is 0.325 e. The summed E-state index contributed by atoms with van der Waals surface area (Å²) in [6.07, 6.45) is 3.37. The average molecular weight is 1180 g/mol. The molecule has 0 heterocycles. The molecule has 0 bridgehead atoms. The summed E-state index contributed by atoms with van der Waals surface area (Å²) in [5, 5.41) is 25.7. The van der Waals surface area contributed by atoms with Crippen LogP contribution in [0.2, 0.25) is 0 Å². The summed E-state index contributed by atoms with van der Waals surface area (Å²) in [6.45, 7) is 4.60. The minimum absolute atomic E-state index is 0.0614. The van der Waals surface area contributed by atoms with Gasteiger partial charge in [0.1, 0.15) is 45.2 Å². The number of carbonyl (C=O) groups excluding carboxylic acids is 6. The largest absolute Gasteiger partial charge is 0.396 e. The Kier molecular flexibility index (Phi) is 53.2. The lowest BCUT2D eigenvalue weighted by molar-refractivity contribution is -0.134. The van der Waals surface area contributed by atoms with Gasteiger partial charge in [0.25, 0.3) is 0 Å². The summed E-state index contributed by atoms with van der Waals surface area (Å²) in [7, 11) is -3.67. The minimum atomic E-state index is -3.67. The molecule has 0 aromatic heterocycles. The minimum Gasteiger partial charge on any atom is -0.396 e. The van der Waals surface area contributed by atoms with Crippen LogP contribution >= 0.6 is 7.60 Å². The van der Waals surface area contributed by atoms with Crippen molar-refractivity contribution >= 4 is 43.0 Å². The van der Waals surface area contributed by atoms with Crippen molar-refractivity contribution in [2.75, 3.05) is 192 Å². The van der Waals surface area contributed by atoms with E-state index in [2.05, 4.69) is 46.4 Å². The SMILES string of the molecule is CP(=O)(O)OCC(CO)CCCCNC(=O)COCNC(=O)C(CCCCNC(=O)COCCOCCOCCON)NC(=O)C(CCCCNC(=O)COCCOCCOCCON)NC(=O)COCCOCCOCCON. The van der Waals surface area contributed by atoms with Gasteiger partial charge in [-0.3, -0.25) is 33.3 Å². The molecule has 32 nitrogen and oxygen atoms in total. The zero-order valence-corrected chi connectivity index (χ0v) is 47.4. The molecule has 0 aliphatic rings. The van der Waals surface area contributed by atoms with E-state index >= 15 is 0 Å². The van der Waals surface area contributed by atoms with Crippen LogP contribution in [0.3, 0.4) is 0 Å². The van der Waals surface area contributed by atoms with Crippen LogP contribution in [0.25, 0.3) is 0 Å². The van der Waals surface area contributed by atoms with E-state index in [9.17, 15) is 43.3 Å². The molecule has 0 saturated heterocycles. The average Bonchev–Trinajstić information content (AvgIpc) is 3.43. The third-order valence-electron chi connectivity index (χ3n) is 10.5. The second-order valence-electron chi connectivity index (χ2n) is 17.3. The van der Waals surface area contributed by atoms with Gasteiger partial charge in [0, 0.05) is 38.8 Å². The Balaban J connectivity index is 5.49. The van der Waals surface area contributed by atoms with Crippen molar-refractivity contribution in [1.29, 1.82) is 0 Å². The van der Waals surface area contributed by atoms with E-state index in [4.69, 9.17) is 69.6 Å². The summed E-state index contributed by atoms with van der Waals surface area (Å²) in [5.74, 6) is 11.4. The highest BCUT2D eigenvalue weighted by Crippen LogP contribution is 2.37. The van der Waals surface area contributed by atoms with Gasteiger partial charge in [0.2, 0.25) is 35.4 Å². The van der Waals surface area contributed by atoms with Gasteiger partial charge < -0.3 is 108 Å². The third kappa shape index (κ3) is 52.4. The molecule has 0 saturated carbocycles. The molecule has 14 N–H and O–H groups in total. The lowest BCUT2D eigenvalue weighted by Gasteiger charge is -2.23. The Labute approximate surface area is 468 Å². The van der Waals surface area contributed by atoms with Crippen LogP contribution in [0.15, 0.2) is 0 Å². The Bertz CT molecular complexity index is 1600. The van der Waals surface area contributed by atoms with E-state index in [0.29, 0.717) is 97.8 Å². The molecule has 4 unspecified atom stereocenters. The second kappa shape index (κ2) is 55.8. The third-order valence-corrected chi connectivity index (χ3v) is 11.1. The van der Waals surface area contributed by atoms with Gasteiger partial charge in [0.15, 0.2) is 0 Å². The molecule has 0 fully saturated rings. The monoisotopic (exact) mass is 1180 g/mol. The van der Waals surface area contributed by atoms with Gasteiger partial charge in [-0.25, -0.2) is 17.7 Å². The molecule has 470 valence electrons. The number of aliphatic hydroxyl groups is 1. The van der Waals surface area contributed by atoms with Crippen LogP contribution in [0.1, 0.15) is 57.8 Å². The molecule has 0 aromatic carbocycles. The fraction of sp³-hybridized carbons (Fsp3) is 0.872. The van der Waals surface area contributed by atoms with E-state index in [1.54, 1.807) is 0 Å². The van der Waals surface area contributed by atoms with Crippen molar-refractivity contribution < 1.29 is 110 Å². The second-order valence-corrected chi connectivity index (χ2v) is 19.2. The zero-order chi connectivity index (χ0) is 59.0. The van der Waals surface area contributed by atoms with Gasteiger partial charge >= 0.3 is 7.60 Å². The van der Waals surface area contributed by atoms with Crippen molar-refractivity contribution in [3.63, 3.8) is 0 Å². The highest BCUT2D eigenvalue weighted by Gasteiger charge is 2.27. The first kappa shape index (κ1) is 76.3. The number of ether oxygens (including phenoxy) is 10. The molecule has 0 rings (SSSR count). The van der Waals surface area contributed by atoms with Crippen molar-refractivity contribution in [2.45, 2.75) is 69.9 Å². The van der Waals surface area contributed by atoms with E-state index in [1.165, 1.54) is 0 Å². The van der Waals surface area contributed by atoms with Crippen LogP contribution in [0, 0.1) is 5.92 Å². The van der Waals surface area contributed by atoms with E-state index in [-0.39, 0.29) is 143 Å². The molecular formula is C47H94N9O23P. The van der Waals surface area contributed by atoms with Gasteiger partial charge in [-0.1, -0.05) is 6.42 Å². The van der Waals surface area contributed by atoms with E-state index in [0.717, 1.165) is 6.66 Å². The standard InChI is InChI=1S/C47H94N9O23P/c1-80(64,65)79-33-39(32-57)8-2-5-11-53-44(60)36-75-38-54-46(62)40(9-3-6-12-51-42(58)34-72-23-20-66-14-17-69-26-29-76-48)56-47(63)41(55-45(61)37-74-25-22-68-16-19-71-28-31-78-50)10-4-7-13-52-43(59)35-73-24-21-67-15-18-70-27-30-77-49/h39-41,57H,2-38,48-50H2,1H3,(H,51,58)(H,52,59)(H,53,60)(H,54,62)(H,55,61)(H,56,63)(H,64,65). The molecule has 0 spiro atoms. The number of rotatable bonds is 60. The molecule has 80 heavy (non-hydrogen) atoms. The first-order chi connectivity index (χ1) is 38.8. The first-order valence-corrected chi connectivity index (χ1v) is 28.7. The topological polar surface area (TPSA) is 439 Å². The maximum atomic E-state index is 14.0. The van der Waals surface area contributed by atoms with Crippen LogP contribution in [-0.4, -0.2) is 249 Å². The molecule has 6 amide bonds. The number of hydrogen-bond acceptors (Lipinski definition) is 25. The van der Waals surface area contributed by atoms with Crippen molar-refractivity contribution in [3.05, 3.63) is 0 Å². The number of carbonyl (C=O) groups is 6. The van der Waals surface area contributed by atoms with Gasteiger partial charge in [-0.05, 0) is 51.4 Å². The lowest BCUT2D eigenvalue weighted by Crippen LogP contribution is -2.54. The molecule has 0 aliphatic heterocycles. The van der Waals surface area contributed by atoms with Crippen LogP contribution in [0.4, 0.5) is 0 Å². The summed E-state index contributed by atoms with van der Waals surface area (Å²) < 4.78 is 69.8. The van der Waals surface area contributed by atoms with Crippen molar-refractivity contribution in [1.82, 2.24) is 31.9 Å². The Morgan fingerprint density at radius 3 is 1.14 bits per heavy atom. The Morgan fingerprint density at radius 2 is 0.762 bits per heavy atom. The van der Waals surface area contributed by atoms with Gasteiger partial charge in [0.05, 0.1) is 126 Å². The highest BCUT2D eigenvalue weighted by atomic mass is 31.2. The summed E-state index contributed by atoms with van der Waals surface area (Å²) in [5.41, 5.74) is 0. The highest BCUT2D eigenvalue weighted by molar-refractivity contribution is 7.51. The summed E-state index contributed by atoms with van der Waals surface area (Å²) in [6, 6.07) is -2.29. The lowest BCUT2D eigenvalue weighted by atomic mass is 10.0. The maximum absolute atomic E-state index is 14.0. The first-order valence-electron chi connectivity index (χ1n) is 26.7. The molecular weight excluding hydrogens is 1090 g/mol. The number of unbranched alkanes of at least 4 members (excludes halogenated alkanes) is 3. The van der Waals surface area contributed by atoms with E-state index in [1.807, 2.05) is 0 Å². The molecule has 0 aliphatic carbocycles. The molecule has 33 heteroatoms. The normalized spacial score (nSPS) is 13.2. The maximum Gasteiger partial charge on any atom is 0.325 e. The van der Waals surface area contributed by atoms with Crippen molar-refractivity contribution in [3.8, 4) is 0 Å². The number of aliphatic hydroxyl groups excluding tert-OH is 1. The predicted octanol–water partition coefficient (Wildman–Crippen LogP) is -3.83. The number of nitrogens with two attached hydrogens (primary N) is 3. The molecule has 0 radical (unpaired) electrons. The number of amides is 6. The predicted molar refractivity (Wildman–Crippen MR) is 283 cm³/mol. The van der Waals surface area contributed by atoms with Crippen LogP contribution < -0.4 is 49.6 Å². The quantitative estimate of drug-likeness (QED) is 0.0120. The van der Waals surface area contributed by atoms with Crippen LogP contribution in [-0.2, 0) is 99.7 Å². The molecule has 0 aromatic rings. The Hall–Kier alpha value is -3.71. The summed E-state index contributed by atoms with van der Waals surface area (Å²) in [4.78, 5) is 100. The van der Waals surface area contributed by atoms with Gasteiger partial charge in [-0.2, -0.15) is 0 Å². The molecule has 4 atom stereocenters. The summed E-state index contributed by atoms with van der Waals surface area (Å²) >= 11 is 0. The fourth-order valence-electron chi connectivity index (χ4n) is 6.38. The number of hydrogen-bond donors (Lipinski definition) is 11.